The average molecular weight is 290 g/mol. The summed E-state index contributed by atoms with van der Waals surface area (Å²) in [4.78, 5) is 25.7. The first-order valence-electron chi connectivity index (χ1n) is 4.76. The second-order valence-electron chi connectivity index (χ2n) is 3.12. The Hall–Kier alpha value is -1.56. The number of carboxylic acids is 1. The Bertz CT molecular complexity index is 468. The maximum atomic E-state index is 11.2. The highest BCUT2D eigenvalue weighted by molar-refractivity contribution is 6.37. The maximum absolute atomic E-state index is 11.2. The highest BCUT2D eigenvalue weighted by atomic mass is 35.5. The predicted octanol–water partition coefficient (Wildman–Crippen LogP) is 2.14. The third kappa shape index (κ3) is 4.75. The van der Waals surface area contributed by atoms with E-state index >= 15 is 0 Å². The van der Waals surface area contributed by atoms with Gasteiger partial charge in [0.1, 0.15) is 0 Å². The van der Waals surface area contributed by atoms with Crippen LogP contribution in [0.4, 0.5) is 0 Å². The first-order valence-corrected chi connectivity index (χ1v) is 5.52. The molecule has 0 radical (unpaired) electrons. The van der Waals surface area contributed by atoms with Crippen molar-refractivity contribution < 1.29 is 19.5 Å². The fourth-order valence-corrected chi connectivity index (χ4v) is 1.56. The van der Waals surface area contributed by atoms with Crippen molar-refractivity contribution in [3.8, 4) is 0 Å². The van der Waals surface area contributed by atoms with Gasteiger partial charge in [-0.15, -0.1) is 0 Å². The van der Waals surface area contributed by atoms with Crippen LogP contribution in [0.25, 0.3) is 6.08 Å². The summed E-state index contributed by atoms with van der Waals surface area (Å²) in [7, 11) is 0. The van der Waals surface area contributed by atoms with Crippen LogP contribution in [0, 0.1) is 0 Å². The number of halogens is 2. The Balaban J connectivity index is 2.58. The summed E-state index contributed by atoms with van der Waals surface area (Å²) in [5, 5.41) is 9.08. The van der Waals surface area contributed by atoms with Crippen molar-refractivity contribution in [1.82, 2.24) is 5.48 Å². The van der Waals surface area contributed by atoms with E-state index in [1.165, 1.54) is 6.08 Å². The molecule has 0 atom stereocenters. The Morgan fingerprint density at radius 1 is 1.33 bits per heavy atom. The highest BCUT2D eigenvalue weighted by Crippen LogP contribution is 2.25. The van der Waals surface area contributed by atoms with E-state index in [1.54, 1.807) is 18.2 Å². The van der Waals surface area contributed by atoms with Gasteiger partial charge in [0, 0.05) is 21.7 Å². The summed E-state index contributed by atoms with van der Waals surface area (Å²) < 4.78 is 0. The summed E-state index contributed by atoms with van der Waals surface area (Å²) in [5.41, 5.74) is 2.43. The molecule has 0 saturated carbocycles. The van der Waals surface area contributed by atoms with Crippen LogP contribution in [-0.4, -0.2) is 23.6 Å². The maximum Gasteiger partial charge on any atom is 0.332 e. The van der Waals surface area contributed by atoms with E-state index in [4.69, 9.17) is 28.3 Å². The fourth-order valence-electron chi connectivity index (χ4n) is 1.03. The molecule has 1 rings (SSSR count). The van der Waals surface area contributed by atoms with Crippen molar-refractivity contribution in [2.75, 3.05) is 6.61 Å². The van der Waals surface area contributed by atoms with Crippen LogP contribution in [-0.2, 0) is 14.4 Å². The third-order valence-electron chi connectivity index (χ3n) is 1.77. The van der Waals surface area contributed by atoms with Crippen molar-refractivity contribution in [1.29, 1.82) is 0 Å². The van der Waals surface area contributed by atoms with E-state index in [9.17, 15) is 9.59 Å². The number of hydrogen-bond donors (Lipinski definition) is 2. The van der Waals surface area contributed by atoms with Crippen LogP contribution in [0.5, 0.6) is 0 Å². The number of carbonyl (C=O) groups excluding carboxylic acids is 1. The molecular weight excluding hydrogens is 281 g/mol. The van der Waals surface area contributed by atoms with Crippen LogP contribution in [0.2, 0.25) is 10.0 Å². The largest absolute Gasteiger partial charge is 0.479 e. The number of amides is 1. The number of nitrogens with one attached hydrogen (secondary N) is 1. The van der Waals surface area contributed by atoms with E-state index in [1.807, 2.05) is 5.48 Å². The van der Waals surface area contributed by atoms with Gasteiger partial charge in [-0.2, -0.15) is 0 Å². The second-order valence-corrected chi connectivity index (χ2v) is 3.93. The molecule has 7 heteroatoms. The smallest absolute Gasteiger partial charge is 0.332 e. The molecule has 0 aliphatic carbocycles. The van der Waals surface area contributed by atoms with E-state index < -0.39 is 18.5 Å². The van der Waals surface area contributed by atoms with Gasteiger partial charge in [-0.3, -0.25) is 9.63 Å². The standard InChI is InChI=1S/C11H9Cl2NO4/c12-8-2-1-3-9(13)7(8)4-5-10(15)14-18-6-11(16)17/h1-5H,6H2,(H,14,15)(H,16,17). The molecule has 96 valence electrons. The highest BCUT2D eigenvalue weighted by Gasteiger charge is 2.03. The number of carbonyl (C=O) groups is 2. The van der Waals surface area contributed by atoms with Crippen LogP contribution in [0.3, 0.4) is 0 Å². The third-order valence-corrected chi connectivity index (χ3v) is 2.43. The van der Waals surface area contributed by atoms with Gasteiger partial charge in [-0.25, -0.2) is 10.3 Å². The van der Waals surface area contributed by atoms with Crippen molar-refractivity contribution in [2.24, 2.45) is 0 Å². The first kappa shape index (κ1) is 14.5. The van der Waals surface area contributed by atoms with Crippen LogP contribution < -0.4 is 5.48 Å². The lowest BCUT2D eigenvalue weighted by atomic mass is 10.2. The number of rotatable bonds is 5. The fraction of sp³-hybridized carbons (Fsp3) is 0.0909. The SMILES string of the molecule is O=C(O)CONC(=O)C=Cc1c(Cl)cccc1Cl. The van der Waals surface area contributed by atoms with Gasteiger partial charge < -0.3 is 5.11 Å². The van der Waals surface area contributed by atoms with Gasteiger partial charge in [-0.05, 0) is 18.2 Å². The van der Waals surface area contributed by atoms with E-state index in [2.05, 4.69) is 4.84 Å². The molecule has 1 aromatic carbocycles. The Morgan fingerprint density at radius 2 is 1.94 bits per heavy atom. The molecule has 0 bridgehead atoms. The Kier molecular flexibility index (Phi) is 5.64. The zero-order chi connectivity index (χ0) is 13.5. The molecule has 0 spiro atoms. The number of aliphatic carboxylic acids is 1. The van der Waals surface area contributed by atoms with Crippen molar-refractivity contribution in [2.45, 2.75) is 0 Å². The molecule has 2 N–H and O–H groups in total. The lowest BCUT2D eigenvalue weighted by molar-refractivity contribution is -0.147. The molecule has 1 aromatic rings. The van der Waals surface area contributed by atoms with Crippen LogP contribution in [0.1, 0.15) is 5.56 Å². The molecule has 0 aromatic heterocycles. The van der Waals surface area contributed by atoms with Crippen molar-refractivity contribution >= 4 is 41.2 Å². The van der Waals surface area contributed by atoms with E-state index in [0.717, 1.165) is 6.08 Å². The number of hydrogen-bond acceptors (Lipinski definition) is 3. The monoisotopic (exact) mass is 289 g/mol. The zero-order valence-corrected chi connectivity index (χ0v) is 10.5. The van der Waals surface area contributed by atoms with Gasteiger partial charge in [0.2, 0.25) is 0 Å². The lowest BCUT2D eigenvalue weighted by Crippen LogP contribution is -2.24. The van der Waals surface area contributed by atoms with Gasteiger partial charge in [0.25, 0.3) is 5.91 Å². The topological polar surface area (TPSA) is 75.6 Å². The van der Waals surface area contributed by atoms with Gasteiger partial charge in [0.05, 0.1) is 0 Å². The van der Waals surface area contributed by atoms with Crippen molar-refractivity contribution in [3.05, 3.63) is 39.9 Å². The molecule has 0 heterocycles. The van der Waals surface area contributed by atoms with E-state index in [0.29, 0.717) is 15.6 Å². The van der Waals surface area contributed by atoms with Gasteiger partial charge >= 0.3 is 5.97 Å². The lowest BCUT2D eigenvalue weighted by Gasteiger charge is -2.01. The predicted molar refractivity (Wildman–Crippen MR) is 67.2 cm³/mol. The minimum atomic E-state index is -1.19. The number of carboxylic acid groups (broad SMARTS) is 1. The van der Waals surface area contributed by atoms with Gasteiger partial charge in [-0.1, -0.05) is 29.3 Å². The Morgan fingerprint density at radius 3 is 2.50 bits per heavy atom. The minimum Gasteiger partial charge on any atom is -0.479 e. The minimum absolute atomic E-state index is 0.401. The van der Waals surface area contributed by atoms with Gasteiger partial charge in [0.15, 0.2) is 6.61 Å². The molecule has 0 fully saturated rings. The Labute approximate surface area is 113 Å². The summed E-state index contributed by atoms with van der Waals surface area (Å²) in [6.45, 7) is -0.619. The molecule has 0 aliphatic heterocycles. The summed E-state index contributed by atoms with van der Waals surface area (Å²) >= 11 is 11.8. The molecule has 0 unspecified atom stereocenters. The average Bonchev–Trinajstić information content (AvgIpc) is 2.27. The quantitative estimate of drug-likeness (QED) is 0.643. The molecule has 18 heavy (non-hydrogen) atoms. The molecule has 0 aliphatic rings. The molecular formula is C11H9Cl2NO4. The molecule has 1 amide bonds. The van der Waals surface area contributed by atoms with Crippen molar-refractivity contribution in [3.63, 3.8) is 0 Å². The second kappa shape index (κ2) is 7.00. The number of benzene rings is 1. The number of hydroxylamine groups is 1. The summed E-state index contributed by atoms with van der Waals surface area (Å²) in [6.07, 6.45) is 2.54. The summed E-state index contributed by atoms with van der Waals surface area (Å²) in [5.74, 6) is -1.80. The van der Waals surface area contributed by atoms with Crippen LogP contribution >= 0.6 is 23.2 Å². The molecule has 5 nitrogen and oxygen atoms in total. The first-order chi connectivity index (χ1) is 8.50. The molecule has 0 saturated heterocycles. The summed E-state index contributed by atoms with van der Waals surface area (Å²) in [6, 6.07) is 4.94. The van der Waals surface area contributed by atoms with Crippen LogP contribution in [0.15, 0.2) is 24.3 Å². The van der Waals surface area contributed by atoms with E-state index in [-0.39, 0.29) is 0 Å². The zero-order valence-electron chi connectivity index (χ0n) is 9.02. The normalized spacial score (nSPS) is 10.6.